The van der Waals surface area contributed by atoms with E-state index in [1.54, 1.807) is 0 Å². The Morgan fingerprint density at radius 2 is 2.27 bits per heavy atom. The smallest absolute Gasteiger partial charge is 0.234 e. The maximum absolute atomic E-state index is 10.9. The fourth-order valence-electron chi connectivity index (χ4n) is 1.06. The third-order valence-electron chi connectivity index (χ3n) is 1.87. The van der Waals surface area contributed by atoms with Gasteiger partial charge in [0.25, 0.3) is 0 Å². The maximum Gasteiger partial charge on any atom is 0.234 e. The fourth-order valence-corrected chi connectivity index (χ4v) is 2.01. The van der Waals surface area contributed by atoms with Crippen LogP contribution in [0.5, 0.6) is 0 Å². The van der Waals surface area contributed by atoms with Gasteiger partial charge in [-0.1, -0.05) is 6.92 Å². The first-order chi connectivity index (χ1) is 7.11. The van der Waals surface area contributed by atoms with Crippen molar-refractivity contribution in [1.29, 1.82) is 0 Å². The number of hydrogen-bond acceptors (Lipinski definition) is 5. The summed E-state index contributed by atoms with van der Waals surface area (Å²) in [6.45, 7) is 2.40. The predicted octanol–water partition coefficient (Wildman–Crippen LogP) is -1.07. The van der Waals surface area contributed by atoms with E-state index < -0.39 is 6.10 Å². The summed E-state index contributed by atoms with van der Waals surface area (Å²) < 4.78 is 0. The van der Waals surface area contributed by atoms with E-state index >= 15 is 0 Å². The minimum absolute atomic E-state index is 0.223. The van der Waals surface area contributed by atoms with Crippen molar-refractivity contribution in [2.75, 3.05) is 24.7 Å². The molecule has 2 atom stereocenters. The summed E-state index contributed by atoms with van der Waals surface area (Å²) in [5.74, 6) is 0.867. The van der Waals surface area contributed by atoms with Crippen LogP contribution in [0.3, 0.4) is 0 Å². The lowest BCUT2D eigenvalue weighted by Gasteiger charge is -2.14. The van der Waals surface area contributed by atoms with Crippen molar-refractivity contribution in [3.8, 4) is 0 Å². The second-order valence-corrected chi connectivity index (χ2v) is 4.36. The number of likely N-dealkylation sites (N-methyl/N-ethyl adjacent to an activating group) is 1. The topological polar surface area (TPSA) is 95.6 Å². The van der Waals surface area contributed by atoms with Crippen molar-refractivity contribution in [2.45, 2.75) is 25.5 Å². The number of nitrogens with one attached hydrogen (secondary N) is 1. The molecular weight excluding hydrogens is 216 g/mol. The molecule has 0 spiro atoms. The molecule has 0 saturated heterocycles. The predicted molar refractivity (Wildman–Crippen MR) is 61.7 cm³/mol. The van der Waals surface area contributed by atoms with Gasteiger partial charge in [-0.25, -0.2) is 0 Å². The molecular formula is C9H20N2O3S. The molecule has 1 amide bonds. The highest BCUT2D eigenvalue weighted by Gasteiger charge is 2.13. The van der Waals surface area contributed by atoms with Crippen molar-refractivity contribution < 1.29 is 15.0 Å². The average molecular weight is 236 g/mol. The molecule has 5 nitrogen and oxygen atoms in total. The number of thioether (sulfide) groups is 1. The van der Waals surface area contributed by atoms with Crippen LogP contribution in [0.2, 0.25) is 0 Å². The molecule has 0 radical (unpaired) electrons. The number of hydrogen-bond donors (Lipinski definition) is 4. The van der Waals surface area contributed by atoms with Gasteiger partial charge in [-0.15, -0.1) is 0 Å². The van der Waals surface area contributed by atoms with Crippen LogP contribution < -0.4 is 11.1 Å². The monoisotopic (exact) mass is 236 g/mol. The Labute approximate surface area is 94.4 Å². The lowest BCUT2D eigenvalue weighted by atomic mass is 10.2. The highest BCUT2D eigenvalue weighted by Crippen LogP contribution is 2.06. The van der Waals surface area contributed by atoms with E-state index in [4.69, 9.17) is 15.9 Å². The second kappa shape index (κ2) is 8.96. The summed E-state index contributed by atoms with van der Waals surface area (Å²) in [6.07, 6.45) is -0.0346. The van der Waals surface area contributed by atoms with E-state index in [2.05, 4.69) is 5.32 Å². The van der Waals surface area contributed by atoms with Gasteiger partial charge in [0.15, 0.2) is 0 Å². The van der Waals surface area contributed by atoms with Crippen LogP contribution in [-0.2, 0) is 4.79 Å². The SMILES string of the molecule is CCNC(CCSCC(O)CO)C(N)=O. The molecule has 0 aliphatic heterocycles. The molecule has 2 unspecified atom stereocenters. The van der Waals surface area contributed by atoms with Crippen LogP contribution in [0.15, 0.2) is 0 Å². The molecule has 0 aliphatic rings. The Kier molecular flexibility index (Phi) is 8.79. The summed E-state index contributed by atoms with van der Waals surface area (Å²) in [4.78, 5) is 10.9. The van der Waals surface area contributed by atoms with Crippen molar-refractivity contribution in [3.05, 3.63) is 0 Å². The highest BCUT2D eigenvalue weighted by atomic mass is 32.2. The van der Waals surface area contributed by atoms with E-state index in [-0.39, 0.29) is 18.6 Å². The molecule has 0 aromatic carbocycles. The van der Waals surface area contributed by atoms with Gasteiger partial charge in [-0.2, -0.15) is 11.8 Å². The van der Waals surface area contributed by atoms with Crippen LogP contribution in [0.1, 0.15) is 13.3 Å². The van der Waals surface area contributed by atoms with E-state index in [9.17, 15) is 4.79 Å². The van der Waals surface area contributed by atoms with Crippen molar-refractivity contribution in [3.63, 3.8) is 0 Å². The van der Waals surface area contributed by atoms with Crippen molar-refractivity contribution in [2.24, 2.45) is 5.73 Å². The number of primary amides is 1. The summed E-state index contributed by atoms with van der Waals surface area (Å²) >= 11 is 1.50. The number of carbonyl (C=O) groups excluding carboxylic acids is 1. The third kappa shape index (κ3) is 7.61. The van der Waals surface area contributed by atoms with Gasteiger partial charge in [-0.3, -0.25) is 4.79 Å². The van der Waals surface area contributed by atoms with Gasteiger partial charge in [0, 0.05) is 5.75 Å². The molecule has 0 fully saturated rings. The van der Waals surface area contributed by atoms with E-state index in [0.29, 0.717) is 18.7 Å². The zero-order valence-electron chi connectivity index (χ0n) is 8.98. The Morgan fingerprint density at radius 3 is 2.73 bits per heavy atom. The molecule has 90 valence electrons. The summed E-state index contributed by atoms with van der Waals surface area (Å²) in [6, 6.07) is -0.297. The Morgan fingerprint density at radius 1 is 1.60 bits per heavy atom. The third-order valence-corrected chi connectivity index (χ3v) is 3.01. The van der Waals surface area contributed by atoms with E-state index in [0.717, 1.165) is 5.75 Å². The Bertz CT molecular complexity index is 181. The van der Waals surface area contributed by atoms with Gasteiger partial charge < -0.3 is 21.3 Å². The van der Waals surface area contributed by atoms with Gasteiger partial charge in [0.05, 0.1) is 18.8 Å². The molecule has 0 bridgehead atoms. The van der Waals surface area contributed by atoms with Crippen LogP contribution >= 0.6 is 11.8 Å². The summed E-state index contributed by atoms with van der Waals surface area (Å²) in [7, 11) is 0. The number of aliphatic hydroxyl groups is 2. The van der Waals surface area contributed by atoms with E-state index in [1.165, 1.54) is 11.8 Å². The van der Waals surface area contributed by atoms with Gasteiger partial charge >= 0.3 is 0 Å². The fraction of sp³-hybridized carbons (Fsp3) is 0.889. The maximum atomic E-state index is 10.9. The summed E-state index contributed by atoms with van der Waals surface area (Å²) in [5, 5.41) is 20.6. The van der Waals surface area contributed by atoms with Crippen LogP contribution in [0.4, 0.5) is 0 Å². The number of rotatable bonds is 9. The number of aliphatic hydroxyl groups excluding tert-OH is 2. The van der Waals surface area contributed by atoms with Crippen molar-refractivity contribution >= 4 is 17.7 Å². The number of nitrogens with two attached hydrogens (primary N) is 1. The lowest BCUT2D eigenvalue weighted by Crippen LogP contribution is -2.41. The van der Waals surface area contributed by atoms with Crippen LogP contribution in [0.25, 0.3) is 0 Å². The first-order valence-corrected chi connectivity index (χ1v) is 6.16. The van der Waals surface area contributed by atoms with Gasteiger partial charge in [-0.05, 0) is 18.7 Å². The van der Waals surface area contributed by atoms with Gasteiger partial charge in [0.1, 0.15) is 0 Å². The average Bonchev–Trinajstić information content (AvgIpc) is 2.21. The minimum Gasteiger partial charge on any atom is -0.394 e. The molecule has 0 aliphatic carbocycles. The lowest BCUT2D eigenvalue weighted by molar-refractivity contribution is -0.120. The molecule has 0 heterocycles. The first-order valence-electron chi connectivity index (χ1n) is 5.01. The zero-order valence-corrected chi connectivity index (χ0v) is 9.80. The Hall–Kier alpha value is -0.300. The Balaban J connectivity index is 3.58. The van der Waals surface area contributed by atoms with Crippen LogP contribution in [0, 0.1) is 0 Å². The normalized spacial score (nSPS) is 14.9. The molecule has 0 saturated carbocycles. The minimum atomic E-state index is -0.679. The standard InChI is InChI=1S/C9H20N2O3S/c1-2-11-8(9(10)14)3-4-15-6-7(13)5-12/h7-8,11-13H,2-6H2,1H3,(H2,10,14). The van der Waals surface area contributed by atoms with Crippen molar-refractivity contribution in [1.82, 2.24) is 5.32 Å². The number of carbonyl (C=O) groups is 1. The highest BCUT2D eigenvalue weighted by molar-refractivity contribution is 7.99. The van der Waals surface area contributed by atoms with E-state index in [1.807, 2.05) is 6.92 Å². The van der Waals surface area contributed by atoms with Crippen LogP contribution in [-0.4, -0.2) is 52.9 Å². The molecule has 6 heteroatoms. The second-order valence-electron chi connectivity index (χ2n) is 3.21. The molecule has 5 N–H and O–H groups in total. The number of amides is 1. The molecule has 0 aromatic heterocycles. The molecule has 0 rings (SSSR count). The zero-order chi connectivity index (χ0) is 11.7. The summed E-state index contributed by atoms with van der Waals surface area (Å²) in [5.41, 5.74) is 5.19. The molecule has 0 aromatic rings. The first kappa shape index (κ1) is 14.7. The van der Waals surface area contributed by atoms with Gasteiger partial charge in [0.2, 0.25) is 5.91 Å². The largest absolute Gasteiger partial charge is 0.394 e. The molecule has 15 heavy (non-hydrogen) atoms. The quantitative estimate of drug-likeness (QED) is 0.382.